The van der Waals surface area contributed by atoms with E-state index in [4.69, 9.17) is 11.6 Å². The molecule has 1 aromatic heterocycles. The van der Waals surface area contributed by atoms with Crippen molar-refractivity contribution in [3.05, 3.63) is 87.7 Å². The van der Waals surface area contributed by atoms with E-state index in [0.717, 1.165) is 15.8 Å². The topological polar surface area (TPSA) is 83.1 Å². The molecule has 0 saturated heterocycles. The number of amides is 3. The third-order valence-electron chi connectivity index (χ3n) is 4.89. The van der Waals surface area contributed by atoms with E-state index in [1.165, 1.54) is 23.5 Å². The summed E-state index contributed by atoms with van der Waals surface area (Å²) in [5.41, 5.74) is 3.98. The molecule has 6 nitrogen and oxygen atoms in total. The molecule has 3 N–H and O–H groups in total. The fourth-order valence-corrected chi connectivity index (χ4v) is 4.50. The molecule has 0 fully saturated rings. The number of benzene rings is 3. The number of para-hydroxylation sites is 1. The maximum absolute atomic E-state index is 13.5. The molecule has 0 atom stereocenters. The molecule has 0 unspecified atom stereocenters. The van der Waals surface area contributed by atoms with E-state index in [1.54, 1.807) is 37.3 Å². The standard InChI is InChI=1S/C24H20ClFN4O2S/c1-13-8-15(10-17(26)9-13)12-27-23(32)30-24-28-19-7-6-16(11-20(19)33-24)22(31)29-21-14(2)4-3-5-18(21)25/h3-11H,12H2,1-2H3,(H,29,31)(H2,27,28,30,32). The van der Waals surface area contributed by atoms with Crippen LogP contribution in [-0.4, -0.2) is 16.9 Å². The van der Waals surface area contributed by atoms with Crippen molar-refractivity contribution in [2.24, 2.45) is 0 Å². The second-order valence-corrected chi connectivity index (χ2v) is 8.97. The fraction of sp³-hybridized carbons (Fsp3) is 0.125. The Balaban J connectivity index is 1.43. The molecule has 168 valence electrons. The van der Waals surface area contributed by atoms with Crippen molar-refractivity contribution in [2.45, 2.75) is 20.4 Å². The highest BCUT2D eigenvalue weighted by molar-refractivity contribution is 7.22. The minimum absolute atomic E-state index is 0.182. The van der Waals surface area contributed by atoms with Crippen LogP contribution in [0, 0.1) is 19.7 Å². The maximum Gasteiger partial charge on any atom is 0.321 e. The van der Waals surface area contributed by atoms with Gasteiger partial charge >= 0.3 is 6.03 Å². The number of anilines is 2. The molecule has 4 aromatic rings. The van der Waals surface area contributed by atoms with Gasteiger partial charge in [-0.15, -0.1) is 0 Å². The lowest BCUT2D eigenvalue weighted by atomic mass is 10.1. The SMILES string of the molecule is Cc1cc(F)cc(CNC(=O)Nc2nc3ccc(C(=O)Nc4c(C)cccc4Cl)cc3s2)c1. The van der Waals surface area contributed by atoms with Gasteiger partial charge in [-0.2, -0.15) is 0 Å². The van der Waals surface area contributed by atoms with Crippen molar-refractivity contribution >= 4 is 55.9 Å². The third-order valence-corrected chi connectivity index (χ3v) is 6.14. The molecule has 0 saturated carbocycles. The summed E-state index contributed by atoms with van der Waals surface area (Å²) >= 11 is 7.45. The predicted molar refractivity (Wildman–Crippen MR) is 131 cm³/mol. The van der Waals surface area contributed by atoms with E-state index in [1.807, 2.05) is 19.1 Å². The van der Waals surface area contributed by atoms with Gasteiger partial charge in [-0.05, 0) is 66.9 Å². The number of hydrogen-bond acceptors (Lipinski definition) is 4. The Morgan fingerprint density at radius 3 is 2.64 bits per heavy atom. The van der Waals surface area contributed by atoms with Crippen LogP contribution in [0.15, 0.2) is 54.6 Å². The summed E-state index contributed by atoms with van der Waals surface area (Å²) in [5, 5.41) is 9.06. The molecule has 0 bridgehead atoms. The monoisotopic (exact) mass is 482 g/mol. The van der Waals surface area contributed by atoms with Gasteiger partial charge in [0.05, 0.1) is 20.9 Å². The Hall–Kier alpha value is -3.49. The Bertz CT molecular complexity index is 1330. The highest BCUT2D eigenvalue weighted by Gasteiger charge is 2.14. The summed E-state index contributed by atoms with van der Waals surface area (Å²) in [6.45, 7) is 3.84. The van der Waals surface area contributed by atoms with E-state index in [0.29, 0.717) is 32.5 Å². The first kappa shape index (κ1) is 22.7. The lowest BCUT2D eigenvalue weighted by Crippen LogP contribution is -2.28. The van der Waals surface area contributed by atoms with Gasteiger partial charge in [-0.1, -0.05) is 41.1 Å². The molecule has 1 heterocycles. The van der Waals surface area contributed by atoms with E-state index < -0.39 is 6.03 Å². The minimum atomic E-state index is -0.455. The Morgan fingerprint density at radius 1 is 1.06 bits per heavy atom. The normalized spacial score (nSPS) is 10.8. The molecule has 0 radical (unpaired) electrons. The highest BCUT2D eigenvalue weighted by Crippen LogP contribution is 2.29. The summed E-state index contributed by atoms with van der Waals surface area (Å²) < 4.78 is 14.2. The number of rotatable bonds is 5. The lowest BCUT2D eigenvalue weighted by Gasteiger charge is -2.10. The van der Waals surface area contributed by atoms with Crippen molar-refractivity contribution in [1.82, 2.24) is 10.3 Å². The molecule has 0 aliphatic heterocycles. The van der Waals surface area contributed by atoms with Gasteiger partial charge in [0.15, 0.2) is 5.13 Å². The number of carbonyl (C=O) groups is 2. The quantitative estimate of drug-likeness (QED) is 0.313. The van der Waals surface area contributed by atoms with Crippen LogP contribution in [0.1, 0.15) is 27.0 Å². The molecular formula is C24H20ClFN4O2S. The van der Waals surface area contributed by atoms with Crippen molar-refractivity contribution in [3.8, 4) is 0 Å². The second-order valence-electron chi connectivity index (χ2n) is 7.53. The molecule has 4 rings (SSSR count). The van der Waals surface area contributed by atoms with Crippen LogP contribution in [-0.2, 0) is 6.54 Å². The first-order valence-electron chi connectivity index (χ1n) is 10.1. The molecule has 0 aliphatic rings. The van der Waals surface area contributed by atoms with Crippen LogP contribution < -0.4 is 16.0 Å². The maximum atomic E-state index is 13.5. The molecule has 0 aliphatic carbocycles. The summed E-state index contributed by atoms with van der Waals surface area (Å²) in [6.07, 6.45) is 0. The second kappa shape index (κ2) is 9.56. The fourth-order valence-electron chi connectivity index (χ4n) is 3.33. The van der Waals surface area contributed by atoms with E-state index in [9.17, 15) is 14.0 Å². The van der Waals surface area contributed by atoms with Crippen molar-refractivity contribution in [2.75, 3.05) is 10.6 Å². The number of halogens is 2. The van der Waals surface area contributed by atoms with Crippen molar-refractivity contribution < 1.29 is 14.0 Å². The summed E-state index contributed by atoms with van der Waals surface area (Å²) in [4.78, 5) is 29.4. The number of nitrogens with one attached hydrogen (secondary N) is 3. The molecule has 3 amide bonds. The van der Waals surface area contributed by atoms with Crippen LogP contribution in [0.2, 0.25) is 5.02 Å². The number of carbonyl (C=O) groups excluding carboxylic acids is 2. The average molecular weight is 483 g/mol. The van der Waals surface area contributed by atoms with Gasteiger partial charge in [0.25, 0.3) is 5.91 Å². The zero-order valence-corrected chi connectivity index (χ0v) is 19.4. The van der Waals surface area contributed by atoms with Crippen LogP contribution in [0.4, 0.5) is 20.0 Å². The van der Waals surface area contributed by atoms with E-state index in [-0.39, 0.29) is 18.3 Å². The van der Waals surface area contributed by atoms with Crippen molar-refractivity contribution in [1.29, 1.82) is 0 Å². The first-order chi connectivity index (χ1) is 15.8. The molecule has 0 spiro atoms. The lowest BCUT2D eigenvalue weighted by molar-refractivity contribution is 0.102. The van der Waals surface area contributed by atoms with Gasteiger partial charge in [-0.3, -0.25) is 10.1 Å². The smallest absolute Gasteiger partial charge is 0.321 e. The molecular weight excluding hydrogens is 463 g/mol. The van der Waals surface area contributed by atoms with Gasteiger partial charge in [-0.25, -0.2) is 14.2 Å². The van der Waals surface area contributed by atoms with Gasteiger partial charge in [0.1, 0.15) is 5.82 Å². The molecule has 33 heavy (non-hydrogen) atoms. The number of urea groups is 1. The van der Waals surface area contributed by atoms with Crippen LogP contribution in [0.5, 0.6) is 0 Å². The third kappa shape index (κ3) is 5.47. The molecule has 3 aromatic carbocycles. The van der Waals surface area contributed by atoms with E-state index in [2.05, 4.69) is 20.9 Å². The first-order valence-corrected chi connectivity index (χ1v) is 11.3. The number of hydrogen-bond donors (Lipinski definition) is 3. The van der Waals surface area contributed by atoms with Crippen LogP contribution in [0.3, 0.4) is 0 Å². The number of aromatic nitrogens is 1. The zero-order chi connectivity index (χ0) is 23.5. The summed E-state index contributed by atoms with van der Waals surface area (Å²) in [6, 6.07) is 14.7. The predicted octanol–water partition coefficient (Wildman–Crippen LogP) is 6.28. The Labute approximate surface area is 198 Å². The van der Waals surface area contributed by atoms with Gasteiger partial charge < -0.3 is 10.6 Å². The van der Waals surface area contributed by atoms with Crippen LogP contribution in [0.25, 0.3) is 10.2 Å². The number of fused-ring (bicyclic) bond motifs is 1. The summed E-state index contributed by atoms with van der Waals surface area (Å²) in [5.74, 6) is -0.637. The number of aryl methyl sites for hydroxylation is 2. The Kier molecular flexibility index (Phi) is 6.57. The largest absolute Gasteiger partial charge is 0.334 e. The van der Waals surface area contributed by atoms with Crippen molar-refractivity contribution in [3.63, 3.8) is 0 Å². The number of nitrogens with zero attached hydrogens (tertiary/aromatic N) is 1. The average Bonchev–Trinajstić information content (AvgIpc) is 3.15. The van der Waals surface area contributed by atoms with Gasteiger partial charge in [0, 0.05) is 12.1 Å². The number of thiazole rings is 1. The van der Waals surface area contributed by atoms with Gasteiger partial charge in [0.2, 0.25) is 0 Å². The molecule has 9 heteroatoms. The highest BCUT2D eigenvalue weighted by atomic mass is 35.5. The summed E-state index contributed by atoms with van der Waals surface area (Å²) in [7, 11) is 0. The van der Waals surface area contributed by atoms with E-state index >= 15 is 0 Å². The Morgan fingerprint density at radius 2 is 1.88 bits per heavy atom. The zero-order valence-electron chi connectivity index (χ0n) is 17.8. The minimum Gasteiger partial charge on any atom is -0.334 e. The van der Waals surface area contributed by atoms with Crippen LogP contribution >= 0.6 is 22.9 Å².